The Labute approximate surface area is 93.3 Å². The lowest BCUT2D eigenvalue weighted by molar-refractivity contribution is 0.279. The van der Waals surface area contributed by atoms with E-state index in [2.05, 4.69) is 35.3 Å². The number of nitrogens with zero attached hydrogens (tertiary/aromatic N) is 1. The van der Waals surface area contributed by atoms with Crippen LogP contribution in [-0.2, 0) is 0 Å². The second-order valence-corrected chi connectivity index (χ2v) is 5.33. The fraction of sp³-hybridized carbons (Fsp3) is 0.500. The van der Waals surface area contributed by atoms with E-state index in [0.717, 1.165) is 16.9 Å². The van der Waals surface area contributed by atoms with Gasteiger partial charge in [0.15, 0.2) is 3.95 Å². The van der Waals surface area contributed by atoms with Gasteiger partial charge in [0.25, 0.3) is 0 Å². The molecule has 1 aromatic rings. The molecule has 76 valence electrons. The van der Waals surface area contributed by atoms with Gasteiger partial charge in [0.05, 0.1) is 5.69 Å². The van der Waals surface area contributed by atoms with Crippen LogP contribution < -0.4 is 0 Å². The van der Waals surface area contributed by atoms with Crippen LogP contribution in [0.4, 0.5) is 0 Å². The van der Waals surface area contributed by atoms with Gasteiger partial charge in [-0.05, 0) is 38.2 Å². The molecule has 1 N–H and O–H groups in total. The Morgan fingerprint density at radius 2 is 2.43 bits per heavy atom. The van der Waals surface area contributed by atoms with Crippen LogP contribution in [0.2, 0.25) is 0 Å². The Kier molecular flexibility index (Phi) is 2.85. The van der Waals surface area contributed by atoms with Gasteiger partial charge in [-0.25, -0.2) is 0 Å². The molecule has 2 rings (SSSR count). The molecule has 0 radical (unpaired) electrons. The van der Waals surface area contributed by atoms with Crippen LogP contribution in [0.3, 0.4) is 0 Å². The molecule has 0 aliphatic carbocycles. The molecule has 1 aliphatic heterocycles. The highest BCUT2D eigenvalue weighted by atomic mass is 32.1. The smallest absolute Gasteiger partial charge is 0.158 e. The number of rotatable bonds is 1. The normalized spacial score (nSPS) is 23.6. The minimum absolute atomic E-state index is 0.622. The number of H-pyrrole nitrogens is 1. The van der Waals surface area contributed by atoms with Crippen molar-refractivity contribution in [3.8, 4) is 0 Å². The lowest BCUT2D eigenvalue weighted by atomic mass is 10.00. The molecule has 0 unspecified atom stereocenters. The Hall–Kier alpha value is -0.450. The molecule has 0 amide bonds. The van der Waals surface area contributed by atoms with E-state index in [1.54, 1.807) is 11.3 Å². The first-order chi connectivity index (χ1) is 6.66. The Balaban J connectivity index is 2.24. The lowest BCUT2D eigenvalue weighted by Crippen LogP contribution is -2.32. The predicted octanol–water partition coefficient (Wildman–Crippen LogP) is 2.91. The third kappa shape index (κ3) is 1.97. The SMILES string of the molecule is C[C@@H]1CC(c2csc(=S)[nH]2)=CCN1C. The number of thiazole rings is 1. The van der Waals surface area contributed by atoms with Crippen LogP contribution in [0, 0.1) is 3.95 Å². The van der Waals surface area contributed by atoms with Crippen molar-refractivity contribution in [3.63, 3.8) is 0 Å². The largest absolute Gasteiger partial charge is 0.337 e. The zero-order chi connectivity index (χ0) is 10.1. The quantitative estimate of drug-likeness (QED) is 0.743. The van der Waals surface area contributed by atoms with Gasteiger partial charge >= 0.3 is 0 Å². The van der Waals surface area contributed by atoms with Crippen molar-refractivity contribution in [2.45, 2.75) is 19.4 Å². The van der Waals surface area contributed by atoms with E-state index in [9.17, 15) is 0 Å². The minimum atomic E-state index is 0.622. The first-order valence-corrected chi connectivity index (χ1v) is 6.03. The van der Waals surface area contributed by atoms with Crippen molar-refractivity contribution >= 4 is 29.1 Å². The number of hydrogen-bond acceptors (Lipinski definition) is 3. The molecule has 0 bridgehead atoms. The van der Waals surface area contributed by atoms with Gasteiger partial charge in [-0.1, -0.05) is 6.08 Å². The third-order valence-corrected chi connectivity index (χ3v) is 3.82. The van der Waals surface area contributed by atoms with Crippen LogP contribution in [0.15, 0.2) is 11.5 Å². The molecule has 1 aromatic heterocycles. The van der Waals surface area contributed by atoms with Crippen LogP contribution in [0.1, 0.15) is 19.0 Å². The number of aromatic nitrogens is 1. The van der Waals surface area contributed by atoms with Crippen LogP contribution in [-0.4, -0.2) is 29.5 Å². The van der Waals surface area contributed by atoms with E-state index in [-0.39, 0.29) is 0 Å². The molecular formula is C10H14N2S2. The van der Waals surface area contributed by atoms with E-state index in [1.807, 2.05) is 0 Å². The molecular weight excluding hydrogens is 212 g/mol. The zero-order valence-electron chi connectivity index (χ0n) is 8.41. The van der Waals surface area contributed by atoms with Gasteiger partial charge in [0, 0.05) is 18.0 Å². The van der Waals surface area contributed by atoms with Crippen molar-refractivity contribution in [2.24, 2.45) is 0 Å². The van der Waals surface area contributed by atoms with E-state index in [0.29, 0.717) is 6.04 Å². The summed E-state index contributed by atoms with van der Waals surface area (Å²) in [5, 5.41) is 2.12. The van der Waals surface area contributed by atoms with E-state index in [4.69, 9.17) is 12.2 Å². The molecule has 4 heteroatoms. The summed E-state index contributed by atoms with van der Waals surface area (Å²) in [5.41, 5.74) is 2.61. The highest BCUT2D eigenvalue weighted by molar-refractivity contribution is 7.73. The Morgan fingerprint density at radius 3 is 3.00 bits per heavy atom. The standard InChI is InChI=1S/C10H14N2S2/c1-7-5-8(3-4-12(7)2)9-6-14-10(13)11-9/h3,6-7H,4-5H2,1-2H3,(H,11,13)/t7-/m1/s1. The maximum atomic E-state index is 5.08. The van der Waals surface area contributed by atoms with Gasteiger partial charge < -0.3 is 4.98 Å². The Morgan fingerprint density at radius 1 is 1.64 bits per heavy atom. The fourth-order valence-corrected chi connectivity index (χ4v) is 2.51. The van der Waals surface area contributed by atoms with Crippen molar-refractivity contribution in [1.29, 1.82) is 0 Å². The van der Waals surface area contributed by atoms with Gasteiger partial charge in [-0.15, -0.1) is 11.3 Å². The summed E-state index contributed by atoms with van der Waals surface area (Å²) in [4.78, 5) is 5.58. The molecule has 0 aromatic carbocycles. The van der Waals surface area contributed by atoms with Crippen LogP contribution in [0.25, 0.3) is 5.57 Å². The summed E-state index contributed by atoms with van der Waals surface area (Å²) in [6, 6.07) is 0.622. The molecule has 1 atom stereocenters. The van der Waals surface area contributed by atoms with Crippen LogP contribution in [0.5, 0.6) is 0 Å². The highest BCUT2D eigenvalue weighted by Crippen LogP contribution is 2.25. The lowest BCUT2D eigenvalue weighted by Gasteiger charge is -2.28. The van der Waals surface area contributed by atoms with Gasteiger partial charge in [0.2, 0.25) is 0 Å². The fourth-order valence-electron chi connectivity index (χ4n) is 1.65. The Bertz CT molecular complexity index is 402. The summed E-state index contributed by atoms with van der Waals surface area (Å²) in [6.45, 7) is 3.29. The maximum Gasteiger partial charge on any atom is 0.158 e. The first kappa shape index (κ1) is 10.1. The van der Waals surface area contributed by atoms with Crippen molar-refractivity contribution in [2.75, 3.05) is 13.6 Å². The third-order valence-electron chi connectivity index (χ3n) is 2.76. The second-order valence-electron chi connectivity index (χ2n) is 3.78. The molecule has 2 nitrogen and oxygen atoms in total. The average molecular weight is 226 g/mol. The van der Waals surface area contributed by atoms with E-state index >= 15 is 0 Å². The summed E-state index contributed by atoms with van der Waals surface area (Å²) < 4.78 is 0.868. The van der Waals surface area contributed by atoms with Gasteiger partial charge in [-0.3, -0.25) is 4.90 Å². The van der Waals surface area contributed by atoms with Crippen molar-refractivity contribution in [3.05, 3.63) is 21.1 Å². The summed E-state index contributed by atoms with van der Waals surface area (Å²) in [6.07, 6.45) is 3.39. The van der Waals surface area contributed by atoms with E-state index in [1.165, 1.54) is 11.3 Å². The molecule has 0 saturated heterocycles. The highest BCUT2D eigenvalue weighted by Gasteiger charge is 2.17. The minimum Gasteiger partial charge on any atom is -0.337 e. The number of aromatic amines is 1. The molecule has 14 heavy (non-hydrogen) atoms. The molecule has 0 spiro atoms. The second kappa shape index (κ2) is 3.96. The number of nitrogens with one attached hydrogen (secondary N) is 1. The zero-order valence-corrected chi connectivity index (χ0v) is 10.0. The molecule has 0 fully saturated rings. The first-order valence-electron chi connectivity index (χ1n) is 4.74. The molecule has 2 heterocycles. The summed E-state index contributed by atoms with van der Waals surface area (Å²) >= 11 is 6.69. The van der Waals surface area contributed by atoms with Crippen LogP contribution >= 0.6 is 23.6 Å². The summed E-state index contributed by atoms with van der Waals surface area (Å²) in [5.74, 6) is 0. The van der Waals surface area contributed by atoms with Crippen molar-refractivity contribution < 1.29 is 0 Å². The maximum absolute atomic E-state index is 5.08. The molecule has 1 aliphatic rings. The van der Waals surface area contributed by atoms with Crippen molar-refractivity contribution in [1.82, 2.24) is 9.88 Å². The topological polar surface area (TPSA) is 19.0 Å². The number of hydrogen-bond donors (Lipinski definition) is 1. The van der Waals surface area contributed by atoms with Gasteiger partial charge in [0.1, 0.15) is 0 Å². The van der Waals surface area contributed by atoms with E-state index < -0.39 is 0 Å². The monoisotopic (exact) mass is 226 g/mol. The number of likely N-dealkylation sites (N-methyl/N-ethyl adjacent to an activating group) is 1. The predicted molar refractivity (Wildman–Crippen MR) is 64.2 cm³/mol. The summed E-state index contributed by atoms with van der Waals surface area (Å²) in [7, 11) is 2.16. The average Bonchev–Trinajstić information content (AvgIpc) is 2.57. The van der Waals surface area contributed by atoms with Gasteiger partial charge in [-0.2, -0.15) is 0 Å². The molecule has 0 saturated carbocycles.